The number of fused-ring (bicyclic) bond motifs is 1. The fraction of sp³-hybridized carbons (Fsp3) is 0.150. The van der Waals surface area contributed by atoms with Gasteiger partial charge in [-0.2, -0.15) is 0 Å². The molecule has 2 heterocycles. The monoisotopic (exact) mass is 335 g/mol. The van der Waals surface area contributed by atoms with Crippen LogP contribution in [0, 0.1) is 0 Å². The van der Waals surface area contributed by atoms with Crippen molar-refractivity contribution in [3.8, 4) is 11.5 Å². The summed E-state index contributed by atoms with van der Waals surface area (Å²) in [6, 6.07) is 20.2. The summed E-state index contributed by atoms with van der Waals surface area (Å²) in [5, 5.41) is 3.00. The number of para-hydroxylation sites is 2. The van der Waals surface area contributed by atoms with Crippen LogP contribution in [0.15, 0.2) is 77.4 Å². The molecule has 2 aromatic carbocycles. The normalized spacial score (nSPS) is 16.9. The Labute approximate surface area is 145 Å². The van der Waals surface area contributed by atoms with Gasteiger partial charge in [0.15, 0.2) is 11.5 Å². The van der Waals surface area contributed by atoms with E-state index in [0.717, 1.165) is 5.56 Å². The van der Waals surface area contributed by atoms with Crippen LogP contribution in [0.2, 0.25) is 0 Å². The highest BCUT2D eigenvalue weighted by atomic mass is 16.6. The lowest BCUT2D eigenvalue weighted by Crippen LogP contribution is -2.45. The van der Waals surface area contributed by atoms with Crippen molar-refractivity contribution in [3.63, 3.8) is 0 Å². The molecule has 0 saturated heterocycles. The molecule has 126 valence electrons. The van der Waals surface area contributed by atoms with Gasteiger partial charge in [0, 0.05) is 0 Å². The zero-order valence-electron chi connectivity index (χ0n) is 13.4. The first-order chi connectivity index (χ1) is 12.3. The van der Waals surface area contributed by atoms with Crippen molar-refractivity contribution in [1.82, 2.24) is 5.32 Å². The molecule has 4 rings (SSSR count). The molecule has 0 bridgehead atoms. The minimum Gasteiger partial charge on any atom is -0.485 e. The molecule has 25 heavy (non-hydrogen) atoms. The van der Waals surface area contributed by atoms with E-state index >= 15 is 0 Å². The summed E-state index contributed by atoms with van der Waals surface area (Å²) in [4.78, 5) is 12.7. The maximum Gasteiger partial charge on any atom is 0.265 e. The van der Waals surface area contributed by atoms with Crippen LogP contribution in [0.3, 0.4) is 0 Å². The second-order valence-electron chi connectivity index (χ2n) is 5.73. The van der Waals surface area contributed by atoms with Crippen LogP contribution in [0.1, 0.15) is 17.4 Å². The van der Waals surface area contributed by atoms with Crippen LogP contribution in [-0.2, 0) is 4.79 Å². The van der Waals surface area contributed by atoms with E-state index in [4.69, 9.17) is 13.9 Å². The molecule has 0 radical (unpaired) electrons. The second-order valence-corrected chi connectivity index (χ2v) is 5.73. The standard InChI is InChI=1S/C20H17NO4/c22-20(18-13-24-15-9-4-5-10-16(15)25-18)21-19(17-11-6-12-23-17)14-7-2-1-3-8-14/h1-12,18-19H,13H2,(H,21,22). The fourth-order valence-electron chi connectivity index (χ4n) is 2.80. The molecule has 0 saturated carbocycles. The summed E-state index contributed by atoms with van der Waals surface area (Å²) < 4.78 is 16.9. The Bertz CT molecular complexity index is 845. The molecule has 2 atom stereocenters. The molecule has 0 spiro atoms. The summed E-state index contributed by atoms with van der Waals surface area (Å²) in [6.07, 6.45) is 0.879. The largest absolute Gasteiger partial charge is 0.485 e. The first-order valence-corrected chi connectivity index (χ1v) is 8.08. The molecular weight excluding hydrogens is 318 g/mol. The molecule has 0 fully saturated rings. The number of benzene rings is 2. The van der Waals surface area contributed by atoms with Gasteiger partial charge in [-0.1, -0.05) is 42.5 Å². The average molecular weight is 335 g/mol. The van der Waals surface area contributed by atoms with Gasteiger partial charge in [-0.05, 0) is 29.8 Å². The van der Waals surface area contributed by atoms with E-state index < -0.39 is 6.10 Å². The first kappa shape index (κ1) is 15.3. The summed E-state index contributed by atoms with van der Waals surface area (Å²) in [7, 11) is 0. The van der Waals surface area contributed by atoms with E-state index in [1.54, 1.807) is 18.4 Å². The summed E-state index contributed by atoms with van der Waals surface area (Å²) in [5.74, 6) is 1.64. The summed E-state index contributed by atoms with van der Waals surface area (Å²) in [5.41, 5.74) is 0.933. The zero-order chi connectivity index (χ0) is 17.1. The molecule has 1 aliphatic rings. The van der Waals surface area contributed by atoms with Crippen LogP contribution in [0.25, 0.3) is 0 Å². The number of rotatable bonds is 4. The van der Waals surface area contributed by atoms with Gasteiger partial charge in [0.25, 0.3) is 5.91 Å². The minimum absolute atomic E-state index is 0.169. The quantitative estimate of drug-likeness (QED) is 0.794. The van der Waals surface area contributed by atoms with Crippen LogP contribution in [0.5, 0.6) is 11.5 Å². The molecule has 1 amide bonds. The van der Waals surface area contributed by atoms with Gasteiger partial charge in [0.05, 0.1) is 6.26 Å². The fourth-order valence-corrected chi connectivity index (χ4v) is 2.80. The predicted octanol–water partition coefficient (Wildman–Crippen LogP) is 3.33. The lowest BCUT2D eigenvalue weighted by molar-refractivity contribution is -0.131. The maximum atomic E-state index is 12.7. The van der Waals surface area contributed by atoms with E-state index in [1.165, 1.54) is 0 Å². The van der Waals surface area contributed by atoms with Crippen molar-refractivity contribution < 1.29 is 18.7 Å². The molecule has 2 unspecified atom stereocenters. The Morgan fingerprint density at radius 1 is 0.960 bits per heavy atom. The zero-order valence-corrected chi connectivity index (χ0v) is 13.4. The van der Waals surface area contributed by atoms with Crippen molar-refractivity contribution in [1.29, 1.82) is 0 Å². The third-order valence-electron chi connectivity index (χ3n) is 4.05. The van der Waals surface area contributed by atoms with E-state index in [1.807, 2.05) is 54.6 Å². The van der Waals surface area contributed by atoms with Crippen molar-refractivity contribution in [2.75, 3.05) is 6.61 Å². The van der Waals surface area contributed by atoms with E-state index in [-0.39, 0.29) is 18.6 Å². The summed E-state index contributed by atoms with van der Waals surface area (Å²) in [6.45, 7) is 0.169. The van der Waals surface area contributed by atoms with Gasteiger partial charge in [-0.15, -0.1) is 0 Å². The predicted molar refractivity (Wildman–Crippen MR) is 91.5 cm³/mol. The number of hydrogen-bond acceptors (Lipinski definition) is 4. The highest BCUT2D eigenvalue weighted by molar-refractivity contribution is 5.82. The van der Waals surface area contributed by atoms with Gasteiger partial charge in [0.2, 0.25) is 6.10 Å². The number of amides is 1. The molecule has 1 N–H and O–H groups in total. The molecule has 5 nitrogen and oxygen atoms in total. The first-order valence-electron chi connectivity index (χ1n) is 8.08. The van der Waals surface area contributed by atoms with Crippen LogP contribution >= 0.6 is 0 Å². The van der Waals surface area contributed by atoms with Gasteiger partial charge in [-0.25, -0.2) is 0 Å². The lowest BCUT2D eigenvalue weighted by Gasteiger charge is -2.27. The van der Waals surface area contributed by atoms with Crippen molar-refractivity contribution in [3.05, 3.63) is 84.3 Å². The molecule has 5 heteroatoms. The van der Waals surface area contributed by atoms with Gasteiger partial charge in [0.1, 0.15) is 18.4 Å². The smallest absolute Gasteiger partial charge is 0.265 e. The second kappa shape index (κ2) is 6.73. The highest BCUT2D eigenvalue weighted by Crippen LogP contribution is 2.31. The number of nitrogens with one attached hydrogen (secondary N) is 1. The van der Waals surface area contributed by atoms with Crippen molar-refractivity contribution >= 4 is 5.91 Å². The van der Waals surface area contributed by atoms with Crippen LogP contribution in [0.4, 0.5) is 0 Å². The molecule has 1 aromatic heterocycles. The number of carbonyl (C=O) groups excluding carboxylic acids is 1. The number of ether oxygens (including phenoxy) is 2. The van der Waals surface area contributed by atoms with Crippen molar-refractivity contribution in [2.24, 2.45) is 0 Å². The van der Waals surface area contributed by atoms with Crippen LogP contribution < -0.4 is 14.8 Å². The third-order valence-corrected chi connectivity index (χ3v) is 4.05. The SMILES string of the molecule is O=C(NC(c1ccccc1)c1ccco1)C1COc2ccccc2O1. The Hall–Kier alpha value is -3.21. The molecule has 0 aliphatic carbocycles. The van der Waals surface area contributed by atoms with E-state index in [2.05, 4.69) is 5.32 Å². The number of furan rings is 1. The molecular formula is C20H17NO4. The van der Waals surface area contributed by atoms with E-state index in [9.17, 15) is 4.79 Å². The maximum absolute atomic E-state index is 12.7. The number of carbonyl (C=O) groups is 1. The summed E-state index contributed by atoms with van der Waals surface area (Å²) >= 11 is 0. The number of hydrogen-bond donors (Lipinski definition) is 1. The topological polar surface area (TPSA) is 60.7 Å². The van der Waals surface area contributed by atoms with Gasteiger partial charge < -0.3 is 19.2 Å². The third kappa shape index (κ3) is 3.21. The Morgan fingerprint density at radius 2 is 1.72 bits per heavy atom. The van der Waals surface area contributed by atoms with Crippen molar-refractivity contribution in [2.45, 2.75) is 12.1 Å². The van der Waals surface area contributed by atoms with Gasteiger partial charge >= 0.3 is 0 Å². The van der Waals surface area contributed by atoms with Gasteiger partial charge in [-0.3, -0.25) is 4.79 Å². The van der Waals surface area contributed by atoms with E-state index in [0.29, 0.717) is 17.3 Å². The minimum atomic E-state index is -0.712. The highest BCUT2D eigenvalue weighted by Gasteiger charge is 2.30. The lowest BCUT2D eigenvalue weighted by atomic mass is 10.0. The molecule has 1 aliphatic heterocycles. The average Bonchev–Trinajstić information content (AvgIpc) is 3.20. The Morgan fingerprint density at radius 3 is 2.48 bits per heavy atom. The Balaban J connectivity index is 1.54. The molecule has 3 aromatic rings. The Kier molecular flexibility index (Phi) is 4.12. The van der Waals surface area contributed by atoms with Crippen LogP contribution in [-0.4, -0.2) is 18.6 Å².